The minimum Gasteiger partial charge on any atom is -0.466 e. The van der Waals surface area contributed by atoms with Crippen LogP contribution in [0, 0.1) is 0 Å². The zero-order chi connectivity index (χ0) is 18.6. The first kappa shape index (κ1) is 18.2. The Morgan fingerprint density at radius 3 is 2.52 bits per heavy atom. The molecule has 0 fully saturated rings. The second kappa shape index (κ2) is 7.61. The van der Waals surface area contributed by atoms with Gasteiger partial charge in [-0.25, -0.2) is 4.79 Å². The average molecular weight is 345 g/mol. The van der Waals surface area contributed by atoms with Crippen molar-refractivity contribution in [1.29, 1.82) is 0 Å². The van der Waals surface area contributed by atoms with Crippen molar-refractivity contribution in [3.8, 4) is 0 Å². The summed E-state index contributed by atoms with van der Waals surface area (Å²) in [6.07, 6.45) is -0.157. The molecular weight excluding hydrogens is 326 g/mol. The summed E-state index contributed by atoms with van der Waals surface area (Å²) in [6.45, 7) is 7.52. The molecule has 0 bridgehead atoms. The number of nitrogens with zero attached hydrogens (tertiary/aromatic N) is 2. The van der Waals surface area contributed by atoms with E-state index in [-0.39, 0.29) is 47.9 Å². The van der Waals surface area contributed by atoms with Gasteiger partial charge in [-0.15, -0.1) is 0 Å². The molecule has 1 aromatic carbocycles. The summed E-state index contributed by atoms with van der Waals surface area (Å²) in [5, 5.41) is 5.17. The number of esters is 2. The number of nitrogens with two attached hydrogens (primary N) is 1. The number of carbonyl (C=O) groups is 3. The van der Waals surface area contributed by atoms with Crippen LogP contribution in [0.5, 0.6) is 0 Å². The molecular formula is C17H19N3O5. The first-order valence-electron chi connectivity index (χ1n) is 7.72. The van der Waals surface area contributed by atoms with Gasteiger partial charge in [-0.2, -0.15) is 10.1 Å². The number of carbonyl (C=O) groups excluding carboxylic acids is 3. The van der Waals surface area contributed by atoms with Crippen LogP contribution in [0.2, 0.25) is 0 Å². The van der Waals surface area contributed by atoms with Gasteiger partial charge in [0.25, 0.3) is 5.91 Å². The maximum Gasteiger partial charge on any atom is 0.338 e. The maximum absolute atomic E-state index is 12.3. The SMILES string of the molecule is C=C1C(=O)N(c2ccc(C(=O)OCC)cc2N)N=C1CC(=O)OCC. The van der Waals surface area contributed by atoms with Crippen LogP contribution >= 0.6 is 0 Å². The summed E-state index contributed by atoms with van der Waals surface area (Å²) in [4.78, 5) is 35.7. The first-order chi connectivity index (χ1) is 11.9. The van der Waals surface area contributed by atoms with Crippen molar-refractivity contribution in [3.63, 3.8) is 0 Å². The molecule has 1 aliphatic heterocycles. The summed E-state index contributed by atoms with van der Waals surface area (Å²) < 4.78 is 9.75. The molecule has 1 heterocycles. The van der Waals surface area contributed by atoms with Crippen LogP contribution in [0.3, 0.4) is 0 Å². The molecule has 0 atom stereocenters. The fourth-order valence-electron chi connectivity index (χ4n) is 2.22. The highest BCUT2D eigenvalue weighted by atomic mass is 16.5. The summed E-state index contributed by atoms with van der Waals surface area (Å²) in [5.41, 5.74) is 7.00. The van der Waals surface area contributed by atoms with Crippen molar-refractivity contribution in [1.82, 2.24) is 0 Å². The van der Waals surface area contributed by atoms with Gasteiger partial charge in [-0.3, -0.25) is 9.59 Å². The number of hydrogen-bond donors (Lipinski definition) is 1. The van der Waals surface area contributed by atoms with Crippen molar-refractivity contribution >= 4 is 34.9 Å². The van der Waals surface area contributed by atoms with Gasteiger partial charge in [-0.05, 0) is 32.0 Å². The van der Waals surface area contributed by atoms with E-state index in [9.17, 15) is 14.4 Å². The molecule has 1 amide bonds. The van der Waals surface area contributed by atoms with Gasteiger partial charge in [-0.1, -0.05) is 6.58 Å². The van der Waals surface area contributed by atoms with Gasteiger partial charge in [0.15, 0.2) is 0 Å². The van der Waals surface area contributed by atoms with Crippen molar-refractivity contribution in [2.24, 2.45) is 5.10 Å². The summed E-state index contributed by atoms with van der Waals surface area (Å²) in [6, 6.07) is 4.38. The number of hydrazone groups is 1. The molecule has 8 heteroatoms. The molecule has 0 saturated heterocycles. The van der Waals surface area contributed by atoms with Crippen LogP contribution in [-0.2, 0) is 19.1 Å². The van der Waals surface area contributed by atoms with E-state index in [4.69, 9.17) is 15.2 Å². The zero-order valence-corrected chi connectivity index (χ0v) is 14.1. The van der Waals surface area contributed by atoms with Gasteiger partial charge in [0, 0.05) is 0 Å². The summed E-state index contributed by atoms with van der Waals surface area (Å²) in [5.74, 6) is -1.50. The van der Waals surface area contributed by atoms with Crippen LogP contribution in [-0.4, -0.2) is 36.8 Å². The van der Waals surface area contributed by atoms with E-state index >= 15 is 0 Å². The van der Waals surface area contributed by atoms with E-state index in [1.165, 1.54) is 18.2 Å². The standard InChI is InChI=1S/C17H19N3O5/c1-4-24-15(21)9-13-10(3)16(22)20(19-13)14-7-6-11(8-12(14)18)17(23)25-5-2/h6-8H,3-5,9,18H2,1-2H3. The monoisotopic (exact) mass is 345 g/mol. The predicted molar refractivity (Wildman–Crippen MR) is 92.1 cm³/mol. The number of benzene rings is 1. The molecule has 132 valence electrons. The second-order valence-corrected chi connectivity index (χ2v) is 5.12. The molecule has 0 unspecified atom stereocenters. The fourth-order valence-corrected chi connectivity index (χ4v) is 2.22. The molecule has 0 aliphatic carbocycles. The molecule has 0 aromatic heterocycles. The Bertz CT molecular complexity index is 770. The highest BCUT2D eigenvalue weighted by molar-refractivity contribution is 6.32. The van der Waals surface area contributed by atoms with E-state index in [1.54, 1.807) is 13.8 Å². The van der Waals surface area contributed by atoms with Crippen molar-refractivity contribution in [2.45, 2.75) is 20.3 Å². The van der Waals surface area contributed by atoms with E-state index < -0.39 is 17.8 Å². The lowest BCUT2D eigenvalue weighted by molar-refractivity contribution is -0.141. The topological polar surface area (TPSA) is 111 Å². The third-order valence-corrected chi connectivity index (χ3v) is 3.40. The van der Waals surface area contributed by atoms with Crippen LogP contribution in [0.4, 0.5) is 11.4 Å². The molecule has 2 rings (SSSR count). The van der Waals surface area contributed by atoms with E-state index in [2.05, 4.69) is 11.7 Å². The number of ether oxygens (including phenoxy) is 2. The largest absolute Gasteiger partial charge is 0.466 e. The normalized spacial score (nSPS) is 13.7. The minimum absolute atomic E-state index is 0.0990. The fraction of sp³-hybridized carbons (Fsp3) is 0.294. The highest BCUT2D eigenvalue weighted by Gasteiger charge is 2.32. The Morgan fingerprint density at radius 1 is 1.24 bits per heavy atom. The Kier molecular flexibility index (Phi) is 5.53. The second-order valence-electron chi connectivity index (χ2n) is 5.12. The van der Waals surface area contributed by atoms with E-state index in [0.29, 0.717) is 0 Å². The Hall–Kier alpha value is -3.16. The van der Waals surface area contributed by atoms with Crippen LogP contribution in [0.1, 0.15) is 30.6 Å². The number of anilines is 2. The van der Waals surface area contributed by atoms with Gasteiger partial charge >= 0.3 is 11.9 Å². The smallest absolute Gasteiger partial charge is 0.338 e. The van der Waals surface area contributed by atoms with E-state index in [0.717, 1.165) is 5.01 Å². The molecule has 0 radical (unpaired) electrons. The van der Waals surface area contributed by atoms with Gasteiger partial charge in [0.2, 0.25) is 0 Å². The minimum atomic E-state index is -0.510. The highest BCUT2D eigenvalue weighted by Crippen LogP contribution is 2.30. The van der Waals surface area contributed by atoms with Crippen molar-refractivity contribution < 1.29 is 23.9 Å². The molecule has 0 spiro atoms. The van der Waals surface area contributed by atoms with Crippen molar-refractivity contribution in [2.75, 3.05) is 24.0 Å². The molecule has 25 heavy (non-hydrogen) atoms. The van der Waals surface area contributed by atoms with Gasteiger partial charge in [0.1, 0.15) is 0 Å². The molecule has 1 aromatic rings. The molecule has 1 aliphatic rings. The van der Waals surface area contributed by atoms with Crippen LogP contribution in [0.15, 0.2) is 35.5 Å². The van der Waals surface area contributed by atoms with Gasteiger partial charge in [0.05, 0.1) is 47.9 Å². The number of nitrogen functional groups attached to an aromatic ring is 1. The third-order valence-electron chi connectivity index (χ3n) is 3.40. The Morgan fingerprint density at radius 2 is 1.92 bits per heavy atom. The Labute approximate surface area is 144 Å². The first-order valence-corrected chi connectivity index (χ1v) is 7.72. The lowest BCUT2D eigenvalue weighted by Crippen LogP contribution is -2.22. The quantitative estimate of drug-likeness (QED) is 0.477. The maximum atomic E-state index is 12.3. The zero-order valence-electron chi connectivity index (χ0n) is 14.1. The average Bonchev–Trinajstić information content (AvgIpc) is 2.83. The lowest BCUT2D eigenvalue weighted by Gasteiger charge is -2.14. The molecule has 8 nitrogen and oxygen atoms in total. The third kappa shape index (κ3) is 3.85. The molecule has 2 N–H and O–H groups in total. The Balaban J connectivity index is 2.27. The van der Waals surface area contributed by atoms with Gasteiger partial charge < -0.3 is 15.2 Å². The summed E-state index contributed by atoms with van der Waals surface area (Å²) >= 11 is 0. The van der Waals surface area contributed by atoms with Crippen molar-refractivity contribution in [3.05, 3.63) is 35.9 Å². The molecule has 0 saturated carbocycles. The van der Waals surface area contributed by atoms with Crippen LogP contribution < -0.4 is 10.7 Å². The predicted octanol–water partition coefficient (Wildman–Crippen LogP) is 1.66. The van der Waals surface area contributed by atoms with Crippen LogP contribution in [0.25, 0.3) is 0 Å². The number of rotatable bonds is 6. The lowest BCUT2D eigenvalue weighted by atomic mass is 10.1. The summed E-state index contributed by atoms with van der Waals surface area (Å²) in [7, 11) is 0. The number of hydrogen-bond acceptors (Lipinski definition) is 7. The van der Waals surface area contributed by atoms with E-state index in [1.807, 2.05) is 0 Å². The number of amides is 1.